The molecule has 0 aromatic heterocycles. The molecule has 0 bridgehead atoms. The molecular formula is C43H39NO7. The van der Waals surface area contributed by atoms with Gasteiger partial charge in [-0.1, -0.05) is 140 Å². The van der Waals surface area contributed by atoms with Gasteiger partial charge in [0.15, 0.2) is 6.29 Å². The number of hydrogen-bond donors (Lipinski definition) is 1. The molecule has 0 spiro atoms. The van der Waals surface area contributed by atoms with Gasteiger partial charge in [0.05, 0.1) is 30.9 Å². The lowest BCUT2D eigenvalue weighted by Crippen LogP contribution is -2.66. The Morgan fingerprint density at radius 2 is 1.14 bits per heavy atom. The molecule has 0 aliphatic carbocycles. The Labute approximate surface area is 297 Å². The number of benzene rings is 5. The summed E-state index contributed by atoms with van der Waals surface area (Å²) < 4.78 is 26.5. The molecular weight excluding hydrogens is 642 g/mol. The SMILES string of the molecule is C=CCO[C@H]1[C@H](OCc2ccccc2)[C@@H](COC(c2ccccc2)(c2ccccc2)c2ccccc2)O[C@@H](O)[C@@H]1N1C(=O)c2ccccc2C1=O. The molecule has 2 aliphatic heterocycles. The van der Waals surface area contributed by atoms with E-state index in [0.717, 1.165) is 27.2 Å². The summed E-state index contributed by atoms with van der Waals surface area (Å²) in [4.78, 5) is 28.6. The molecule has 0 radical (unpaired) electrons. The molecule has 2 heterocycles. The van der Waals surface area contributed by atoms with E-state index in [1.54, 1.807) is 30.3 Å². The van der Waals surface area contributed by atoms with Gasteiger partial charge in [-0.3, -0.25) is 14.5 Å². The summed E-state index contributed by atoms with van der Waals surface area (Å²) in [5, 5.41) is 11.8. The van der Waals surface area contributed by atoms with Gasteiger partial charge in [0, 0.05) is 0 Å². The van der Waals surface area contributed by atoms with Crippen molar-refractivity contribution in [2.24, 2.45) is 0 Å². The summed E-state index contributed by atoms with van der Waals surface area (Å²) in [7, 11) is 0. The van der Waals surface area contributed by atoms with E-state index in [0.29, 0.717) is 0 Å². The number of hydrogen-bond acceptors (Lipinski definition) is 7. The summed E-state index contributed by atoms with van der Waals surface area (Å²) in [5.41, 5.74) is 3.00. The number of aliphatic hydroxyl groups is 1. The summed E-state index contributed by atoms with van der Waals surface area (Å²) in [6.07, 6.45) is -2.85. The van der Waals surface area contributed by atoms with E-state index in [1.807, 2.05) is 121 Å². The average Bonchev–Trinajstić information content (AvgIpc) is 3.43. The van der Waals surface area contributed by atoms with Crippen LogP contribution in [0.25, 0.3) is 0 Å². The average molecular weight is 682 g/mol. The van der Waals surface area contributed by atoms with Crippen LogP contribution in [0.2, 0.25) is 0 Å². The van der Waals surface area contributed by atoms with E-state index in [1.165, 1.54) is 0 Å². The fourth-order valence-corrected chi connectivity index (χ4v) is 7.11. The predicted octanol–water partition coefficient (Wildman–Crippen LogP) is 6.53. The second kappa shape index (κ2) is 15.3. The number of carbonyl (C=O) groups excluding carboxylic acids is 2. The van der Waals surface area contributed by atoms with Crippen molar-refractivity contribution in [3.05, 3.63) is 192 Å². The van der Waals surface area contributed by atoms with Gasteiger partial charge >= 0.3 is 0 Å². The van der Waals surface area contributed by atoms with Gasteiger partial charge in [-0.05, 0) is 34.4 Å². The molecule has 2 amide bonds. The minimum Gasteiger partial charge on any atom is -0.369 e. The fourth-order valence-electron chi connectivity index (χ4n) is 7.11. The van der Waals surface area contributed by atoms with Crippen LogP contribution in [-0.4, -0.2) is 65.7 Å². The maximum atomic E-state index is 13.8. The summed E-state index contributed by atoms with van der Waals surface area (Å²) >= 11 is 0. The molecule has 1 saturated heterocycles. The zero-order valence-electron chi connectivity index (χ0n) is 28.0. The van der Waals surface area contributed by atoms with Gasteiger partial charge in [0.1, 0.15) is 30.0 Å². The lowest BCUT2D eigenvalue weighted by Gasteiger charge is -2.47. The minimum absolute atomic E-state index is 0.0576. The van der Waals surface area contributed by atoms with E-state index in [4.69, 9.17) is 18.9 Å². The summed E-state index contributed by atoms with van der Waals surface area (Å²) in [5.74, 6) is -1.08. The van der Waals surface area contributed by atoms with Gasteiger partial charge < -0.3 is 24.1 Å². The van der Waals surface area contributed by atoms with Crippen LogP contribution >= 0.6 is 0 Å². The molecule has 8 nitrogen and oxygen atoms in total. The summed E-state index contributed by atoms with van der Waals surface area (Å²) in [6.45, 7) is 4.01. The lowest BCUT2D eigenvalue weighted by molar-refractivity contribution is -0.286. The van der Waals surface area contributed by atoms with Crippen molar-refractivity contribution in [1.29, 1.82) is 0 Å². The summed E-state index contributed by atoms with van der Waals surface area (Å²) in [6, 6.07) is 44.8. The Kier molecular flexibility index (Phi) is 10.3. The number of rotatable bonds is 13. The molecule has 2 aliphatic rings. The largest absolute Gasteiger partial charge is 0.369 e. The first-order valence-corrected chi connectivity index (χ1v) is 17.0. The quantitative estimate of drug-likeness (QED) is 0.0858. The standard InChI is InChI=1S/C43H39NO7/c1-2-27-48-39-37(44-40(45)34-25-15-16-26-35(34)41(44)46)42(47)51-36(38(39)49-28-30-17-7-3-8-18-30)29-50-43(31-19-9-4-10-20-31,32-21-11-5-12-22-32)33-23-13-6-14-24-33/h2-26,36-39,42,47H,1,27-29H2/t36-,37-,38-,39-,42-/m1/s1. The molecule has 0 saturated carbocycles. The maximum absolute atomic E-state index is 13.8. The monoisotopic (exact) mass is 681 g/mol. The Bertz CT molecular complexity index is 1810. The van der Waals surface area contributed by atoms with E-state index in [-0.39, 0.29) is 30.9 Å². The topological polar surface area (TPSA) is 94.5 Å². The third-order valence-corrected chi connectivity index (χ3v) is 9.45. The van der Waals surface area contributed by atoms with Crippen molar-refractivity contribution in [3.63, 3.8) is 0 Å². The van der Waals surface area contributed by atoms with E-state index >= 15 is 0 Å². The van der Waals surface area contributed by atoms with Crippen LogP contribution in [0.3, 0.4) is 0 Å². The van der Waals surface area contributed by atoms with Crippen molar-refractivity contribution in [3.8, 4) is 0 Å². The first kappa shape index (κ1) is 34.2. The highest BCUT2D eigenvalue weighted by Crippen LogP contribution is 2.42. The minimum atomic E-state index is -1.62. The van der Waals surface area contributed by atoms with Crippen LogP contribution in [0.5, 0.6) is 0 Å². The Morgan fingerprint density at radius 3 is 1.63 bits per heavy atom. The number of carbonyl (C=O) groups is 2. The molecule has 5 aromatic carbocycles. The van der Waals surface area contributed by atoms with E-state index < -0.39 is 48.1 Å². The molecule has 51 heavy (non-hydrogen) atoms. The maximum Gasteiger partial charge on any atom is 0.262 e. The van der Waals surface area contributed by atoms with E-state index in [9.17, 15) is 14.7 Å². The van der Waals surface area contributed by atoms with Crippen molar-refractivity contribution in [2.75, 3.05) is 13.2 Å². The van der Waals surface area contributed by atoms with Crippen LogP contribution < -0.4 is 0 Å². The van der Waals surface area contributed by atoms with Gasteiger partial charge in [-0.25, -0.2) is 0 Å². The van der Waals surface area contributed by atoms with Gasteiger partial charge in [0.25, 0.3) is 11.8 Å². The van der Waals surface area contributed by atoms with Gasteiger partial charge in [0.2, 0.25) is 0 Å². The van der Waals surface area contributed by atoms with Gasteiger partial charge in [-0.15, -0.1) is 6.58 Å². The van der Waals surface area contributed by atoms with Crippen molar-refractivity contribution >= 4 is 11.8 Å². The number of amides is 2. The number of ether oxygens (including phenoxy) is 4. The number of aliphatic hydroxyl groups excluding tert-OH is 1. The first-order chi connectivity index (χ1) is 25.0. The third kappa shape index (κ3) is 6.68. The molecule has 5 atom stereocenters. The molecule has 7 rings (SSSR count). The normalized spacial score (nSPS) is 21.7. The number of nitrogens with zero attached hydrogens (tertiary/aromatic N) is 1. The molecule has 1 fully saturated rings. The second-order valence-corrected chi connectivity index (χ2v) is 12.5. The van der Waals surface area contributed by atoms with Crippen LogP contribution in [-0.2, 0) is 31.2 Å². The van der Waals surface area contributed by atoms with E-state index in [2.05, 4.69) is 6.58 Å². The zero-order valence-corrected chi connectivity index (χ0v) is 28.0. The van der Waals surface area contributed by atoms with Crippen LogP contribution in [0.15, 0.2) is 158 Å². The second-order valence-electron chi connectivity index (χ2n) is 12.5. The third-order valence-electron chi connectivity index (χ3n) is 9.45. The first-order valence-electron chi connectivity index (χ1n) is 17.0. The Morgan fingerprint density at radius 1 is 0.667 bits per heavy atom. The molecule has 8 heteroatoms. The lowest BCUT2D eigenvalue weighted by atomic mass is 9.80. The zero-order chi connectivity index (χ0) is 35.2. The smallest absolute Gasteiger partial charge is 0.262 e. The fraction of sp³-hybridized carbons (Fsp3) is 0.209. The molecule has 0 unspecified atom stereocenters. The molecule has 1 N–H and O–H groups in total. The Hall–Kier alpha value is -5.22. The molecule has 5 aromatic rings. The Balaban J connectivity index is 1.29. The highest BCUT2D eigenvalue weighted by Gasteiger charge is 2.55. The highest BCUT2D eigenvalue weighted by atomic mass is 16.7. The van der Waals surface area contributed by atoms with Crippen LogP contribution in [0.1, 0.15) is 43.0 Å². The van der Waals surface area contributed by atoms with Crippen LogP contribution in [0.4, 0.5) is 0 Å². The predicted molar refractivity (Wildman–Crippen MR) is 192 cm³/mol. The highest BCUT2D eigenvalue weighted by molar-refractivity contribution is 6.21. The van der Waals surface area contributed by atoms with Crippen molar-refractivity contribution < 1.29 is 33.6 Å². The van der Waals surface area contributed by atoms with Crippen molar-refractivity contribution in [2.45, 2.75) is 42.9 Å². The van der Waals surface area contributed by atoms with Crippen LogP contribution in [0, 0.1) is 0 Å². The number of fused-ring (bicyclic) bond motifs is 1. The number of imide groups is 1. The molecule has 258 valence electrons. The van der Waals surface area contributed by atoms with Crippen molar-refractivity contribution in [1.82, 2.24) is 4.90 Å². The van der Waals surface area contributed by atoms with Gasteiger partial charge in [-0.2, -0.15) is 0 Å².